The number of hydrogen-bond acceptors (Lipinski definition) is 2. The van der Waals surface area contributed by atoms with Crippen molar-refractivity contribution in [1.29, 1.82) is 0 Å². The second kappa shape index (κ2) is 9.00. The van der Waals surface area contributed by atoms with E-state index in [1.165, 1.54) is 15.9 Å². The lowest BCUT2D eigenvalue weighted by atomic mass is 9.65. The molecule has 33 heavy (non-hydrogen) atoms. The van der Waals surface area contributed by atoms with E-state index >= 15 is 0 Å². The summed E-state index contributed by atoms with van der Waals surface area (Å²) in [6.45, 7) is 13.7. The number of ketones is 1. The van der Waals surface area contributed by atoms with Crippen LogP contribution >= 0.6 is 0 Å². The second-order valence-electron chi connectivity index (χ2n) is 11.7. The molecule has 3 heteroatoms. The van der Waals surface area contributed by atoms with Gasteiger partial charge >= 0.3 is 0 Å². The Morgan fingerprint density at radius 1 is 0.970 bits per heavy atom. The van der Waals surface area contributed by atoms with E-state index in [-0.39, 0.29) is 22.5 Å². The summed E-state index contributed by atoms with van der Waals surface area (Å²) >= 11 is 0. The van der Waals surface area contributed by atoms with Crippen LogP contribution in [0.5, 0.6) is 0 Å². The minimum Gasteiger partial charge on any atom is -0.404 e. The van der Waals surface area contributed by atoms with Gasteiger partial charge in [-0.05, 0) is 54.4 Å². The highest BCUT2D eigenvalue weighted by molar-refractivity contribution is 6.99. The van der Waals surface area contributed by atoms with Gasteiger partial charge in [0.05, 0.1) is 6.10 Å². The van der Waals surface area contributed by atoms with Crippen molar-refractivity contribution in [2.75, 3.05) is 0 Å². The average Bonchev–Trinajstić information content (AvgIpc) is 3.11. The van der Waals surface area contributed by atoms with Crippen LogP contribution < -0.4 is 10.4 Å². The van der Waals surface area contributed by atoms with Crippen LogP contribution in [0.15, 0.2) is 72.3 Å². The average molecular weight is 461 g/mol. The van der Waals surface area contributed by atoms with Crippen molar-refractivity contribution in [3.8, 4) is 0 Å². The normalized spacial score (nSPS) is 27.8. The van der Waals surface area contributed by atoms with E-state index in [2.05, 4.69) is 108 Å². The highest BCUT2D eigenvalue weighted by Crippen LogP contribution is 2.56. The zero-order valence-electron chi connectivity index (χ0n) is 21.2. The number of Topliss-reactive ketones (excluding diaryl/α,β-unsaturated/α-hetero) is 1. The van der Waals surface area contributed by atoms with E-state index < -0.39 is 8.32 Å². The van der Waals surface area contributed by atoms with Crippen molar-refractivity contribution in [2.45, 2.75) is 78.4 Å². The molecule has 0 N–H and O–H groups in total. The molecule has 0 saturated heterocycles. The maximum absolute atomic E-state index is 13.2. The Morgan fingerprint density at radius 3 is 2.00 bits per heavy atom. The number of carbonyl (C=O) groups excluding carboxylic acids is 1. The highest BCUT2D eigenvalue weighted by Gasteiger charge is 2.59. The van der Waals surface area contributed by atoms with Gasteiger partial charge in [0.25, 0.3) is 8.32 Å². The summed E-state index contributed by atoms with van der Waals surface area (Å²) < 4.78 is 7.60. The van der Waals surface area contributed by atoms with Gasteiger partial charge < -0.3 is 4.43 Å². The van der Waals surface area contributed by atoms with Crippen LogP contribution in [-0.4, -0.2) is 20.2 Å². The van der Waals surface area contributed by atoms with Gasteiger partial charge in [-0.25, -0.2) is 0 Å². The minimum absolute atomic E-state index is 0.0546. The quantitative estimate of drug-likeness (QED) is 0.387. The summed E-state index contributed by atoms with van der Waals surface area (Å²) in [5.74, 6) is 0.863. The Morgan fingerprint density at radius 2 is 1.52 bits per heavy atom. The first kappa shape index (κ1) is 24.2. The molecule has 0 bridgehead atoms. The Bertz CT molecular complexity index is 961. The third kappa shape index (κ3) is 4.19. The molecule has 4 atom stereocenters. The van der Waals surface area contributed by atoms with E-state index in [1.807, 2.05) is 0 Å². The Hall–Kier alpha value is -1.97. The number of carbonyl (C=O) groups is 1. The fourth-order valence-electron chi connectivity index (χ4n) is 6.72. The zero-order valence-corrected chi connectivity index (χ0v) is 22.2. The summed E-state index contributed by atoms with van der Waals surface area (Å²) in [4.78, 5) is 13.2. The monoisotopic (exact) mass is 460 g/mol. The maximum atomic E-state index is 13.2. The lowest BCUT2D eigenvalue weighted by molar-refractivity contribution is -0.136. The van der Waals surface area contributed by atoms with Gasteiger partial charge in [-0.15, -0.1) is 0 Å². The van der Waals surface area contributed by atoms with Gasteiger partial charge in [0.2, 0.25) is 0 Å². The molecule has 0 amide bonds. The first-order chi connectivity index (χ1) is 15.6. The molecule has 2 aliphatic rings. The predicted molar refractivity (Wildman–Crippen MR) is 140 cm³/mol. The van der Waals surface area contributed by atoms with E-state index in [0.29, 0.717) is 18.1 Å². The molecular weight excluding hydrogens is 420 g/mol. The molecule has 0 aliphatic heterocycles. The van der Waals surface area contributed by atoms with Crippen LogP contribution in [0.2, 0.25) is 5.04 Å². The summed E-state index contributed by atoms with van der Waals surface area (Å²) in [5, 5.41) is 2.58. The molecule has 2 nitrogen and oxygen atoms in total. The minimum atomic E-state index is -2.65. The lowest BCUT2D eigenvalue weighted by Crippen LogP contribution is -2.69. The van der Waals surface area contributed by atoms with Crippen molar-refractivity contribution in [3.63, 3.8) is 0 Å². The van der Waals surface area contributed by atoms with Gasteiger partial charge in [0.1, 0.15) is 5.78 Å². The largest absolute Gasteiger partial charge is 0.404 e. The molecule has 0 unspecified atom stereocenters. The maximum Gasteiger partial charge on any atom is 0.261 e. The first-order valence-electron chi connectivity index (χ1n) is 12.6. The molecule has 2 aromatic rings. The smallest absolute Gasteiger partial charge is 0.261 e. The molecule has 2 aliphatic carbocycles. The molecule has 0 radical (unpaired) electrons. The molecular formula is C30H40O2Si. The number of rotatable bonds is 5. The number of benzene rings is 2. The lowest BCUT2D eigenvalue weighted by Gasteiger charge is -2.51. The van der Waals surface area contributed by atoms with E-state index in [9.17, 15) is 4.79 Å². The molecule has 2 aromatic carbocycles. The standard InChI is InChI=1S/C30H40O2Si/c1-22(2)21-23-19-20-30(6)27(18-17-26(31)28(23)30)32-33(29(3,4)5,24-13-9-7-10-14-24)25-15-11-8-12-16-25/h7-16,21,23,27-28H,17-20H2,1-6H3/t23-,27-,28-,30+/m0/s1. The van der Waals surface area contributed by atoms with Gasteiger partial charge in [-0.2, -0.15) is 0 Å². The molecule has 0 spiro atoms. The van der Waals surface area contributed by atoms with Gasteiger partial charge in [-0.3, -0.25) is 4.79 Å². The molecule has 2 saturated carbocycles. The molecule has 2 fully saturated rings. The van der Waals surface area contributed by atoms with Crippen molar-refractivity contribution < 1.29 is 9.22 Å². The zero-order chi connectivity index (χ0) is 23.9. The molecule has 4 rings (SSSR count). The molecule has 0 aromatic heterocycles. The Kier molecular flexibility index (Phi) is 6.59. The van der Waals surface area contributed by atoms with Crippen molar-refractivity contribution in [2.24, 2.45) is 17.3 Å². The Labute approximate surface area is 201 Å². The van der Waals surface area contributed by atoms with Crippen molar-refractivity contribution in [1.82, 2.24) is 0 Å². The second-order valence-corrected chi connectivity index (χ2v) is 16.0. The van der Waals surface area contributed by atoms with Crippen molar-refractivity contribution >= 4 is 24.5 Å². The van der Waals surface area contributed by atoms with Crippen LogP contribution in [-0.2, 0) is 9.22 Å². The van der Waals surface area contributed by atoms with Crippen LogP contribution in [0.4, 0.5) is 0 Å². The highest BCUT2D eigenvalue weighted by atomic mass is 28.4. The number of fused-ring (bicyclic) bond motifs is 1. The molecule has 176 valence electrons. The summed E-state index contributed by atoms with van der Waals surface area (Å²) in [5.41, 5.74) is 1.20. The van der Waals surface area contributed by atoms with E-state index in [0.717, 1.165) is 19.3 Å². The third-order valence-electron chi connectivity index (χ3n) is 8.17. The molecule has 0 heterocycles. The van der Waals surface area contributed by atoms with Gasteiger partial charge in [0.15, 0.2) is 0 Å². The van der Waals surface area contributed by atoms with Crippen molar-refractivity contribution in [3.05, 3.63) is 72.3 Å². The summed E-state index contributed by atoms with van der Waals surface area (Å²) in [7, 11) is -2.65. The van der Waals surface area contributed by atoms with Gasteiger partial charge in [-0.1, -0.05) is 100 Å². The first-order valence-corrected chi connectivity index (χ1v) is 14.5. The fourth-order valence-corrected chi connectivity index (χ4v) is 11.5. The van der Waals surface area contributed by atoms with Crippen LogP contribution in [0.1, 0.15) is 67.2 Å². The van der Waals surface area contributed by atoms with Gasteiger partial charge in [0, 0.05) is 17.8 Å². The third-order valence-corrected chi connectivity index (χ3v) is 13.2. The Balaban J connectivity index is 1.84. The van der Waals surface area contributed by atoms with Crippen LogP contribution in [0.25, 0.3) is 0 Å². The number of allylic oxidation sites excluding steroid dienone is 2. The SMILES string of the molecule is CC(C)=C[C@@H]1CC[C@]2(C)[C@@H](O[Si](c3ccccc3)(c3ccccc3)C(C)(C)C)CCC(=O)[C@H]12. The fraction of sp³-hybridized carbons (Fsp3) is 0.500. The van der Waals surface area contributed by atoms with Crippen LogP contribution in [0.3, 0.4) is 0 Å². The van der Waals surface area contributed by atoms with E-state index in [4.69, 9.17) is 4.43 Å². The van der Waals surface area contributed by atoms with E-state index in [1.54, 1.807) is 0 Å². The number of hydrogen-bond donors (Lipinski definition) is 0. The topological polar surface area (TPSA) is 26.3 Å². The summed E-state index contributed by atoms with van der Waals surface area (Å²) in [6, 6.07) is 21.8. The predicted octanol–water partition coefficient (Wildman–Crippen LogP) is 6.29. The van der Waals surface area contributed by atoms with Crippen LogP contribution in [0, 0.1) is 17.3 Å². The summed E-state index contributed by atoms with van der Waals surface area (Å²) in [6.07, 6.45) is 6.04.